The van der Waals surface area contributed by atoms with E-state index in [9.17, 15) is 0 Å². The summed E-state index contributed by atoms with van der Waals surface area (Å²) in [5, 5.41) is 0.718. The smallest absolute Gasteiger partial charge is 0.119 e. The molecule has 110 valence electrons. The number of nitrogens with zero attached hydrogens (tertiary/aromatic N) is 3. The van der Waals surface area contributed by atoms with Crippen molar-refractivity contribution in [2.24, 2.45) is 0 Å². The lowest BCUT2D eigenvalue weighted by atomic mass is 10.2. The van der Waals surface area contributed by atoms with Gasteiger partial charge in [-0.2, -0.15) is 0 Å². The van der Waals surface area contributed by atoms with Gasteiger partial charge in [0.2, 0.25) is 0 Å². The number of aromatic nitrogens is 1. The number of hydrogen-bond acceptors (Lipinski definition) is 4. The van der Waals surface area contributed by atoms with Crippen molar-refractivity contribution in [1.82, 2.24) is 4.98 Å². The average molecular weight is 304 g/mol. The van der Waals surface area contributed by atoms with Crippen LogP contribution in [-0.4, -0.2) is 38.3 Å². The topological polar surface area (TPSA) is 28.6 Å². The van der Waals surface area contributed by atoms with E-state index in [1.165, 1.54) is 5.69 Å². The number of methoxy groups -OCH3 is 1. The quantitative estimate of drug-likeness (QED) is 0.871. The van der Waals surface area contributed by atoms with Gasteiger partial charge in [-0.1, -0.05) is 11.6 Å². The lowest BCUT2D eigenvalue weighted by Crippen LogP contribution is -2.46. The monoisotopic (exact) mass is 303 g/mol. The molecule has 1 aliphatic rings. The van der Waals surface area contributed by atoms with Crippen LogP contribution in [0.1, 0.15) is 0 Å². The van der Waals surface area contributed by atoms with E-state index in [0.29, 0.717) is 0 Å². The summed E-state index contributed by atoms with van der Waals surface area (Å²) < 4.78 is 5.20. The molecule has 1 aromatic carbocycles. The van der Waals surface area contributed by atoms with Gasteiger partial charge in [0.25, 0.3) is 0 Å². The highest BCUT2D eigenvalue weighted by Crippen LogP contribution is 2.27. The zero-order chi connectivity index (χ0) is 14.7. The summed E-state index contributed by atoms with van der Waals surface area (Å²) in [6, 6.07) is 10.2. The average Bonchev–Trinajstić information content (AvgIpc) is 2.56. The van der Waals surface area contributed by atoms with Crippen LogP contribution in [0.15, 0.2) is 42.7 Å². The molecule has 1 aliphatic heterocycles. The van der Waals surface area contributed by atoms with E-state index in [4.69, 9.17) is 16.3 Å². The number of benzene rings is 1. The molecule has 0 saturated carbocycles. The molecule has 1 aromatic heterocycles. The Morgan fingerprint density at radius 2 is 1.67 bits per heavy atom. The normalized spacial score (nSPS) is 15.1. The molecule has 0 bridgehead atoms. The number of anilines is 2. The molecular weight excluding hydrogens is 286 g/mol. The molecule has 0 amide bonds. The maximum atomic E-state index is 6.21. The fraction of sp³-hybridized carbons (Fsp3) is 0.312. The van der Waals surface area contributed by atoms with Crippen LogP contribution < -0.4 is 14.5 Å². The van der Waals surface area contributed by atoms with E-state index >= 15 is 0 Å². The molecule has 1 fully saturated rings. The molecule has 21 heavy (non-hydrogen) atoms. The Balaban J connectivity index is 1.66. The van der Waals surface area contributed by atoms with E-state index in [1.54, 1.807) is 19.5 Å². The van der Waals surface area contributed by atoms with Crippen LogP contribution in [0.5, 0.6) is 5.75 Å². The van der Waals surface area contributed by atoms with Crippen LogP contribution in [-0.2, 0) is 0 Å². The Labute approximate surface area is 129 Å². The summed E-state index contributed by atoms with van der Waals surface area (Å²) in [6.07, 6.45) is 3.49. The van der Waals surface area contributed by atoms with Crippen molar-refractivity contribution in [2.45, 2.75) is 0 Å². The number of rotatable bonds is 3. The summed E-state index contributed by atoms with van der Waals surface area (Å²) >= 11 is 6.21. The molecule has 0 atom stereocenters. The first-order valence-electron chi connectivity index (χ1n) is 7.01. The van der Waals surface area contributed by atoms with Gasteiger partial charge in [-0.05, 0) is 30.3 Å². The number of ether oxygens (including phenoxy) is 1. The minimum Gasteiger partial charge on any atom is -0.497 e. The molecule has 3 rings (SSSR count). The van der Waals surface area contributed by atoms with Crippen LogP contribution in [0.3, 0.4) is 0 Å². The van der Waals surface area contributed by atoms with Crippen molar-refractivity contribution in [1.29, 1.82) is 0 Å². The number of halogens is 1. The molecule has 5 heteroatoms. The van der Waals surface area contributed by atoms with Gasteiger partial charge in [-0.25, -0.2) is 0 Å². The summed E-state index contributed by atoms with van der Waals surface area (Å²) in [7, 11) is 1.69. The van der Waals surface area contributed by atoms with Crippen LogP contribution >= 0.6 is 11.6 Å². The van der Waals surface area contributed by atoms with Gasteiger partial charge in [-0.3, -0.25) is 4.98 Å². The first-order valence-corrected chi connectivity index (χ1v) is 7.39. The Bertz CT molecular complexity index is 595. The predicted octanol–water partition coefficient (Wildman–Crippen LogP) is 3.07. The maximum Gasteiger partial charge on any atom is 0.119 e. The molecular formula is C16H18ClN3O. The highest BCUT2D eigenvalue weighted by molar-refractivity contribution is 6.33. The third-order valence-electron chi connectivity index (χ3n) is 3.81. The molecule has 1 saturated heterocycles. The maximum absolute atomic E-state index is 6.21. The number of hydrogen-bond donors (Lipinski definition) is 0. The van der Waals surface area contributed by atoms with Crippen molar-refractivity contribution in [3.05, 3.63) is 47.7 Å². The van der Waals surface area contributed by atoms with E-state index in [-0.39, 0.29) is 0 Å². The van der Waals surface area contributed by atoms with Gasteiger partial charge in [0.15, 0.2) is 0 Å². The lowest BCUT2D eigenvalue weighted by Gasteiger charge is -2.37. The van der Waals surface area contributed by atoms with Crippen LogP contribution in [0.25, 0.3) is 0 Å². The van der Waals surface area contributed by atoms with Crippen LogP contribution in [0.4, 0.5) is 11.4 Å². The second kappa shape index (κ2) is 6.22. The lowest BCUT2D eigenvalue weighted by molar-refractivity contribution is 0.415. The van der Waals surface area contributed by atoms with Crippen molar-refractivity contribution in [3.63, 3.8) is 0 Å². The second-order valence-electron chi connectivity index (χ2n) is 5.00. The van der Waals surface area contributed by atoms with E-state index in [0.717, 1.165) is 42.6 Å². The summed E-state index contributed by atoms with van der Waals surface area (Å²) in [5.41, 5.74) is 2.30. The Kier molecular flexibility index (Phi) is 4.15. The Hall–Kier alpha value is -1.94. The van der Waals surface area contributed by atoms with Crippen molar-refractivity contribution in [3.8, 4) is 5.75 Å². The highest BCUT2D eigenvalue weighted by atomic mass is 35.5. The predicted molar refractivity (Wildman–Crippen MR) is 86.7 cm³/mol. The van der Waals surface area contributed by atoms with E-state index < -0.39 is 0 Å². The summed E-state index contributed by atoms with van der Waals surface area (Å²) in [5.74, 6) is 0.890. The Morgan fingerprint density at radius 3 is 2.29 bits per heavy atom. The highest BCUT2D eigenvalue weighted by Gasteiger charge is 2.19. The van der Waals surface area contributed by atoms with Crippen molar-refractivity contribution in [2.75, 3.05) is 43.1 Å². The van der Waals surface area contributed by atoms with Gasteiger partial charge in [-0.15, -0.1) is 0 Å². The van der Waals surface area contributed by atoms with Crippen LogP contribution in [0.2, 0.25) is 5.02 Å². The van der Waals surface area contributed by atoms with Crippen LogP contribution in [0, 0.1) is 0 Å². The molecule has 2 heterocycles. The second-order valence-corrected chi connectivity index (χ2v) is 5.41. The fourth-order valence-corrected chi connectivity index (χ4v) is 2.86. The molecule has 0 N–H and O–H groups in total. The SMILES string of the molecule is COc1ccc(N2CCN(c3ccncc3Cl)CC2)cc1. The van der Waals surface area contributed by atoms with Gasteiger partial charge < -0.3 is 14.5 Å². The zero-order valence-corrected chi connectivity index (χ0v) is 12.8. The first-order chi connectivity index (χ1) is 10.3. The largest absolute Gasteiger partial charge is 0.497 e. The molecule has 0 unspecified atom stereocenters. The zero-order valence-electron chi connectivity index (χ0n) is 12.0. The summed E-state index contributed by atoms with van der Waals surface area (Å²) in [6.45, 7) is 3.86. The third-order valence-corrected chi connectivity index (χ3v) is 4.10. The molecule has 0 spiro atoms. The van der Waals surface area contributed by atoms with Gasteiger partial charge >= 0.3 is 0 Å². The van der Waals surface area contributed by atoms with E-state index in [1.807, 2.05) is 18.2 Å². The minimum atomic E-state index is 0.718. The molecule has 2 aromatic rings. The minimum absolute atomic E-state index is 0.718. The van der Waals surface area contributed by atoms with E-state index in [2.05, 4.69) is 26.9 Å². The summed E-state index contributed by atoms with van der Waals surface area (Å²) in [4.78, 5) is 8.73. The van der Waals surface area contributed by atoms with Gasteiger partial charge in [0.1, 0.15) is 5.75 Å². The number of pyridine rings is 1. The number of piperazine rings is 1. The van der Waals surface area contributed by atoms with Gasteiger partial charge in [0.05, 0.1) is 17.8 Å². The third kappa shape index (κ3) is 3.05. The Morgan fingerprint density at radius 1 is 1.00 bits per heavy atom. The molecule has 0 radical (unpaired) electrons. The standard InChI is InChI=1S/C16H18ClN3O/c1-21-14-4-2-13(3-5-14)19-8-10-20(11-9-19)16-6-7-18-12-15(16)17/h2-7,12H,8-11H2,1H3. The van der Waals surface area contributed by atoms with Crippen molar-refractivity contribution >= 4 is 23.0 Å². The van der Waals surface area contributed by atoms with Crippen molar-refractivity contribution < 1.29 is 4.74 Å². The first kappa shape index (κ1) is 14.0. The fourth-order valence-electron chi connectivity index (χ4n) is 2.62. The van der Waals surface area contributed by atoms with Gasteiger partial charge in [0, 0.05) is 44.3 Å². The molecule has 0 aliphatic carbocycles. The molecule has 4 nitrogen and oxygen atoms in total.